The van der Waals surface area contributed by atoms with Gasteiger partial charge in [0.25, 0.3) is 0 Å². The van der Waals surface area contributed by atoms with Crippen LogP contribution in [0.3, 0.4) is 0 Å². The van der Waals surface area contributed by atoms with Crippen LogP contribution in [-0.4, -0.2) is 7.11 Å². The molecule has 2 aromatic carbocycles. The standard InChI is InChI=1S/C14H12Br2OS/c1-17-14-6-5-12(16)7-10(14)9-18-13-4-2-3-11(15)8-13/h2-8H,9H2,1H3. The van der Waals surface area contributed by atoms with Gasteiger partial charge in [-0.3, -0.25) is 0 Å². The molecule has 0 spiro atoms. The van der Waals surface area contributed by atoms with Gasteiger partial charge in [-0.05, 0) is 36.4 Å². The maximum Gasteiger partial charge on any atom is 0.122 e. The zero-order chi connectivity index (χ0) is 13.0. The average Bonchev–Trinajstić information content (AvgIpc) is 2.37. The number of thioether (sulfide) groups is 1. The molecular weight excluding hydrogens is 376 g/mol. The molecule has 0 aliphatic carbocycles. The SMILES string of the molecule is COc1ccc(Br)cc1CSc1cccc(Br)c1. The lowest BCUT2D eigenvalue weighted by atomic mass is 10.2. The van der Waals surface area contributed by atoms with Gasteiger partial charge in [-0.1, -0.05) is 37.9 Å². The highest BCUT2D eigenvalue weighted by Crippen LogP contribution is 2.31. The number of hydrogen-bond acceptors (Lipinski definition) is 2. The Morgan fingerprint density at radius 3 is 2.56 bits per heavy atom. The molecule has 0 amide bonds. The third kappa shape index (κ3) is 3.77. The molecule has 0 N–H and O–H groups in total. The molecule has 0 atom stereocenters. The van der Waals surface area contributed by atoms with E-state index in [2.05, 4.69) is 50.1 Å². The van der Waals surface area contributed by atoms with E-state index >= 15 is 0 Å². The van der Waals surface area contributed by atoms with Gasteiger partial charge in [-0.15, -0.1) is 11.8 Å². The lowest BCUT2D eigenvalue weighted by Gasteiger charge is -2.09. The number of hydrogen-bond donors (Lipinski definition) is 0. The Morgan fingerprint density at radius 2 is 1.83 bits per heavy atom. The molecule has 4 heteroatoms. The summed E-state index contributed by atoms with van der Waals surface area (Å²) >= 11 is 8.77. The summed E-state index contributed by atoms with van der Waals surface area (Å²) in [5.74, 6) is 1.82. The van der Waals surface area contributed by atoms with Gasteiger partial charge in [0.15, 0.2) is 0 Å². The van der Waals surface area contributed by atoms with Gasteiger partial charge in [0.05, 0.1) is 7.11 Å². The topological polar surface area (TPSA) is 9.23 Å². The molecule has 0 aliphatic rings. The maximum absolute atomic E-state index is 5.37. The van der Waals surface area contributed by atoms with Crippen LogP contribution >= 0.6 is 43.6 Å². The Morgan fingerprint density at radius 1 is 1.06 bits per heavy atom. The van der Waals surface area contributed by atoms with E-state index in [9.17, 15) is 0 Å². The predicted molar refractivity (Wildman–Crippen MR) is 84.4 cm³/mol. The third-order valence-electron chi connectivity index (χ3n) is 2.43. The van der Waals surface area contributed by atoms with E-state index in [0.29, 0.717) is 0 Å². The van der Waals surface area contributed by atoms with Crippen molar-refractivity contribution in [1.29, 1.82) is 0 Å². The van der Waals surface area contributed by atoms with Gasteiger partial charge in [0.1, 0.15) is 5.75 Å². The van der Waals surface area contributed by atoms with Crippen LogP contribution in [0.15, 0.2) is 56.3 Å². The molecule has 18 heavy (non-hydrogen) atoms. The molecule has 0 heterocycles. The zero-order valence-corrected chi connectivity index (χ0v) is 13.8. The Bertz CT molecular complexity index is 543. The van der Waals surface area contributed by atoms with Gasteiger partial charge in [0.2, 0.25) is 0 Å². The monoisotopic (exact) mass is 386 g/mol. The molecule has 0 saturated carbocycles. The molecule has 0 bridgehead atoms. The smallest absolute Gasteiger partial charge is 0.122 e. The molecule has 1 nitrogen and oxygen atoms in total. The minimum absolute atomic E-state index is 0.888. The molecular formula is C14H12Br2OS. The fraction of sp³-hybridized carbons (Fsp3) is 0.143. The highest BCUT2D eigenvalue weighted by Gasteiger charge is 2.04. The second kappa shape index (κ2) is 6.64. The quantitative estimate of drug-likeness (QED) is 0.639. The Hall–Kier alpha value is -0.450. The van der Waals surface area contributed by atoms with Crippen molar-refractivity contribution in [2.24, 2.45) is 0 Å². The highest BCUT2D eigenvalue weighted by atomic mass is 79.9. The first-order valence-corrected chi connectivity index (χ1v) is 7.97. The first kappa shape index (κ1) is 14.0. The minimum Gasteiger partial charge on any atom is -0.496 e. The number of halogens is 2. The third-order valence-corrected chi connectivity index (χ3v) is 4.46. The second-order valence-corrected chi connectivity index (χ2v) is 6.58. The van der Waals surface area contributed by atoms with Crippen LogP contribution in [0.4, 0.5) is 0 Å². The van der Waals surface area contributed by atoms with Crippen LogP contribution in [0.1, 0.15) is 5.56 Å². The van der Waals surface area contributed by atoms with Crippen molar-refractivity contribution >= 4 is 43.6 Å². The van der Waals surface area contributed by atoms with Crippen LogP contribution in [-0.2, 0) is 5.75 Å². The summed E-state index contributed by atoms with van der Waals surface area (Å²) in [5.41, 5.74) is 1.19. The van der Waals surface area contributed by atoms with Gasteiger partial charge < -0.3 is 4.74 Å². The predicted octanol–water partition coefficient (Wildman–Crippen LogP) is 5.51. The summed E-state index contributed by atoms with van der Waals surface area (Å²) in [4.78, 5) is 1.24. The summed E-state index contributed by atoms with van der Waals surface area (Å²) < 4.78 is 7.55. The van der Waals surface area contributed by atoms with Crippen molar-refractivity contribution in [3.05, 3.63) is 57.0 Å². The fourth-order valence-corrected chi connectivity index (χ4v) is 3.47. The maximum atomic E-state index is 5.37. The van der Waals surface area contributed by atoms with E-state index in [1.165, 1.54) is 10.5 Å². The number of ether oxygens (including phenoxy) is 1. The van der Waals surface area contributed by atoms with Crippen molar-refractivity contribution in [2.75, 3.05) is 7.11 Å². The zero-order valence-electron chi connectivity index (χ0n) is 9.82. The van der Waals surface area contributed by atoms with E-state index in [1.54, 1.807) is 18.9 Å². The Kier molecular flexibility index (Phi) is 5.15. The van der Waals surface area contributed by atoms with Crippen molar-refractivity contribution in [3.63, 3.8) is 0 Å². The van der Waals surface area contributed by atoms with E-state index in [0.717, 1.165) is 20.4 Å². The molecule has 0 fully saturated rings. The number of rotatable bonds is 4. The first-order valence-electron chi connectivity index (χ1n) is 5.40. The lowest BCUT2D eigenvalue weighted by Crippen LogP contribution is -1.90. The summed E-state index contributed by atoms with van der Waals surface area (Å²) in [7, 11) is 1.70. The highest BCUT2D eigenvalue weighted by molar-refractivity contribution is 9.10. The summed E-state index contributed by atoms with van der Waals surface area (Å²) in [5, 5.41) is 0. The van der Waals surface area contributed by atoms with Gasteiger partial charge >= 0.3 is 0 Å². The van der Waals surface area contributed by atoms with Crippen LogP contribution in [0, 0.1) is 0 Å². The van der Waals surface area contributed by atoms with Crippen LogP contribution < -0.4 is 4.74 Å². The largest absolute Gasteiger partial charge is 0.496 e. The lowest BCUT2D eigenvalue weighted by molar-refractivity contribution is 0.411. The second-order valence-electron chi connectivity index (χ2n) is 3.70. The fourth-order valence-electron chi connectivity index (χ4n) is 1.58. The first-order chi connectivity index (χ1) is 8.69. The molecule has 0 radical (unpaired) electrons. The van der Waals surface area contributed by atoms with Gasteiger partial charge in [-0.25, -0.2) is 0 Å². The van der Waals surface area contributed by atoms with Crippen LogP contribution in [0.25, 0.3) is 0 Å². The normalized spacial score (nSPS) is 10.4. The van der Waals surface area contributed by atoms with Crippen LogP contribution in [0.5, 0.6) is 5.75 Å². The Balaban J connectivity index is 2.12. The minimum atomic E-state index is 0.888. The average molecular weight is 388 g/mol. The number of benzene rings is 2. The molecule has 2 rings (SSSR count). The molecule has 2 aromatic rings. The van der Waals surface area contributed by atoms with E-state index in [-0.39, 0.29) is 0 Å². The molecule has 0 aliphatic heterocycles. The van der Waals surface area contributed by atoms with Gasteiger partial charge in [0, 0.05) is 25.2 Å². The summed E-state index contributed by atoms with van der Waals surface area (Å²) in [6, 6.07) is 14.4. The van der Waals surface area contributed by atoms with E-state index in [4.69, 9.17) is 4.74 Å². The van der Waals surface area contributed by atoms with Gasteiger partial charge in [-0.2, -0.15) is 0 Å². The summed E-state index contributed by atoms with van der Waals surface area (Å²) in [6.45, 7) is 0. The van der Waals surface area contributed by atoms with Crippen molar-refractivity contribution in [1.82, 2.24) is 0 Å². The van der Waals surface area contributed by atoms with E-state index in [1.807, 2.05) is 24.3 Å². The van der Waals surface area contributed by atoms with Crippen molar-refractivity contribution in [3.8, 4) is 5.75 Å². The molecule has 0 aromatic heterocycles. The van der Waals surface area contributed by atoms with E-state index < -0.39 is 0 Å². The molecule has 0 saturated heterocycles. The Labute approximate surface area is 128 Å². The van der Waals surface area contributed by atoms with Crippen molar-refractivity contribution in [2.45, 2.75) is 10.6 Å². The van der Waals surface area contributed by atoms with Crippen LogP contribution in [0.2, 0.25) is 0 Å². The van der Waals surface area contributed by atoms with Crippen molar-refractivity contribution < 1.29 is 4.74 Å². The number of methoxy groups -OCH3 is 1. The summed E-state index contributed by atoms with van der Waals surface area (Å²) in [6.07, 6.45) is 0. The molecule has 0 unspecified atom stereocenters. The molecule has 94 valence electrons.